The number of piperidine rings is 1. The van der Waals surface area contributed by atoms with Crippen LogP contribution in [0.25, 0.3) is 10.8 Å². The summed E-state index contributed by atoms with van der Waals surface area (Å²) >= 11 is 0. The lowest BCUT2D eigenvalue weighted by Gasteiger charge is -2.31. The molecule has 2 heterocycles. The van der Waals surface area contributed by atoms with E-state index in [1.54, 1.807) is 4.90 Å². The van der Waals surface area contributed by atoms with Crippen molar-refractivity contribution in [2.24, 2.45) is 0 Å². The second kappa shape index (κ2) is 7.73. The Morgan fingerprint density at radius 3 is 2.76 bits per heavy atom. The van der Waals surface area contributed by atoms with Crippen molar-refractivity contribution in [3.8, 4) is 0 Å². The number of halogens is 3. The zero-order valence-electron chi connectivity index (χ0n) is 15.4. The maximum absolute atomic E-state index is 12.7. The molecule has 1 atom stereocenters. The molecule has 0 unspecified atom stereocenters. The molecular weight excluding hydrogens is 385 g/mol. The molecule has 0 spiro atoms. The van der Waals surface area contributed by atoms with Gasteiger partial charge in [-0.25, -0.2) is 4.79 Å². The summed E-state index contributed by atoms with van der Waals surface area (Å²) in [5, 5.41) is 11.7. The van der Waals surface area contributed by atoms with Crippen molar-refractivity contribution < 1.29 is 22.4 Å². The van der Waals surface area contributed by atoms with Gasteiger partial charge in [-0.05, 0) is 29.2 Å². The summed E-state index contributed by atoms with van der Waals surface area (Å²) < 4.78 is 42.8. The van der Waals surface area contributed by atoms with E-state index in [1.807, 2.05) is 42.5 Å². The standard InChI is InChI=1S/C20H19F3N4O2/c21-20(22,23)18-26-25-17(29-18)15-8-4-10-27(12-15)19(28)24-11-14-7-3-6-13-5-1-2-9-16(13)14/h1-3,5-7,9,15H,4,8,10-12H2,(H,24,28)/t15-/m0/s1. The van der Waals surface area contributed by atoms with Crippen LogP contribution in [-0.2, 0) is 12.7 Å². The van der Waals surface area contributed by atoms with Gasteiger partial charge in [0.15, 0.2) is 0 Å². The monoisotopic (exact) mass is 404 g/mol. The fourth-order valence-electron chi connectivity index (χ4n) is 3.61. The number of fused-ring (bicyclic) bond motifs is 1. The molecular formula is C20H19F3N4O2. The largest absolute Gasteiger partial charge is 0.470 e. The van der Waals surface area contributed by atoms with Gasteiger partial charge in [-0.3, -0.25) is 0 Å². The van der Waals surface area contributed by atoms with Crippen LogP contribution in [0, 0.1) is 0 Å². The zero-order valence-corrected chi connectivity index (χ0v) is 15.4. The van der Waals surface area contributed by atoms with Crippen LogP contribution in [0.15, 0.2) is 46.9 Å². The third-order valence-corrected chi connectivity index (χ3v) is 5.05. The van der Waals surface area contributed by atoms with E-state index in [9.17, 15) is 18.0 Å². The second-order valence-electron chi connectivity index (χ2n) is 7.03. The minimum Gasteiger partial charge on any atom is -0.417 e. The Morgan fingerprint density at radius 2 is 1.97 bits per heavy atom. The van der Waals surface area contributed by atoms with Gasteiger partial charge in [0.1, 0.15) is 0 Å². The number of alkyl halides is 3. The summed E-state index contributed by atoms with van der Waals surface area (Å²) in [5.41, 5.74) is 0.997. The molecule has 1 N–H and O–H groups in total. The van der Waals surface area contributed by atoms with E-state index in [4.69, 9.17) is 4.42 Å². The van der Waals surface area contributed by atoms with Crippen molar-refractivity contribution in [2.75, 3.05) is 13.1 Å². The molecule has 2 aromatic carbocycles. The first-order valence-electron chi connectivity index (χ1n) is 9.32. The fraction of sp³-hybridized carbons (Fsp3) is 0.350. The van der Waals surface area contributed by atoms with Crippen LogP contribution in [0.5, 0.6) is 0 Å². The molecule has 1 aliphatic heterocycles. The molecule has 1 fully saturated rings. The maximum atomic E-state index is 12.7. The van der Waals surface area contributed by atoms with Crippen molar-refractivity contribution in [3.63, 3.8) is 0 Å². The smallest absolute Gasteiger partial charge is 0.417 e. The van der Waals surface area contributed by atoms with Gasteiger partial charge < -0.3 is 14.6 Å². The van der Waals surface area contributed by atoms with Gasteiger partial charge in [-0.15, -0.1) is 10.2 Å². The van der Waals surface area contributed by atoms with Gasteiger partial charge in [0.25, 0.3) is 0 Å². The van der Waals surface area contributed by atoms with Gasteiger partial charge in [0, 0.05) is 19.6 Å². The van der Waals surface area contributed by atoms with E-state index >= 15 is 0 Å². The predicted molar refractivity (Wildman–Crippen MR) is 99.0 cm³/mol. The Labute approximate surface area is 164 Å². The first-order valence-corrected chi connectivity index (χ1v) is 9.32. The minimum absolute atomic E-state index is 0.0797. The normalized spacial score (nSPS) is 17.5. The lowest BCUT2D eigenvalue weighted by molar-refractivity contribution is -0.157. The van der Waals surface area contributed by atoms with Gasteiger partial charge in [-0.2, -0.15) is 13.2 Å². The molecule has 0 bridgehead atoms. The lowest BCUT2D eigenvalue weighted by Crippen LogP contribution is -2.44. The van der Waals surface area contributed by atoms with Gasteiger partial charge in [0.2, 0.25) is 5.89 Å². The molecule has 2 amide bonds. The molecule has 1 aliphatic rings. The molecule has 1 aromatic heterocycles. The molecule has 4 rings (SSSR count). The van der Waals surface area contributed by atoms with Gasteiger partial charge >= 0.3 is 18.1 Å². The number of amides is 2. The second-order valence-corrected chi connectivity index (χ2v) is 7.03. The number of likely N-dealkylation sites (tertiary alicyclic amines) is 1. The Bertz CT molecular complexity index is 1010. The first-order chi connectivity index (χ1) is 13.9. The number of hydrogen-bond donors (Lipinski definition) is 1. The molecule has 1 saturated heterocycles. The Kier molecular flexibility index (Phi) is 5.12. The van der Waals surface area contributed by atoms with Crippen LogP contribution in [-0.4, -0.2) is 34.2 Å². The van der Waals surface area contributed by atoms with Crippen molar-refractivity contribution in [1.29, 1.82) is 0 Å². The lowest BCUT2D eigenvalue weighted by atomic mass is 9.98. The molecule has 152 valence electrons. The summed E-state index contributed by atoms with van der Waals surface area (Å²) in [5.74, 6) is -1.84. The number of nitrogens with zero attached hydrogens (tertiary/aromatic N) is 3. The van der Waals surface area contributed by atoms with E-state index < -0.39 is 18.0 Å². The Balaban J connectivity index is 1.40. The van der Waals surface area contributed by atoms with E-state index in [2.05, 4.69) is 15.5 Å². The summed E-state index contributed by atoms with van der Waals surface area (Å²) in [6.45, 7) is 1.12. The molecule has 0 radical (unpaired) electrons. The number of urea groups is 1. The van der Waals surface area contributed by atoms with Crippen LogP contribution in [0.1, 0.15) is 36.1 Å². The highest BCUT2D eigenvalue weighted by Gasteiger charge is 2.39. The average molecular weight is 404 g/mol. The van der Waals surface area contributed by atoms with Gasteiger partial charge in [-0.1, -0.05) is 42.5 Å². The van der Waals surface area contributed by atoms with Crippen LogP contribution in [0.4, 0.5) is 18.0 Å². The Morgan fingerprint density at radius 1 is 1.17 bits per heavy atom. The molecule has 9 heteroatoms. The van der Waals surface area contributed by atoms with E-state index in [-0.39, 0.29) is 18.5 Å². The third kappa shape index (κ3) is 4.18. The fourth-order valence-corrected chi connectivity index (χ4v) is 3.61. The number of rotatable bonds is 3. The number of carbonyl (C=O) groups is 1. The maximum Gasteiger partial charge on any atom is 0.470 e. The topological polar surface area (TPSA) is 71.3 Å². The van der Waals surface area contributed by atoms with Crippen molar-refractivity contribution in [3.05, 3.63) is 59.8 Å². The molecule has 0 saturated carbocycles. The summed E-state index contributed by atoms with van der Waals surface area (Å²) in [7, 11) is 0. The van der Waals surface area contributed by atoms with Crippen molar-refractivity contribution >= 4 is 16.8 Å². The number of aromatic nitrogens is 2. The van der Waals surface area contributed by atoms with Crippen LogP contribution in [0.2, 0.25) is 0 Å². The average Bonchev–Trinajstić information content (AvgIpc) is 3.23. The van der Waals surface area contributed by atoms with E-state index in [0.717, 1.165) is 16.3 Å². The highest BCUT2D eigenvalue weighted by Crippen LogP contribution is 2.32. The summed E-state index contributed by atoms with van der Waals surface area (Å²) in [6, 6.07) is 13.6. The number of nitrogens with one attached hydrogen (secondary N) is 1. The third-order valence-electron chi connectivity index (χ3n) is 5.05. The number of carbonyl (C=O) groups excluding carboxylic acids is 1. The van der Waals surface area contributed by atoms with E-state index in [0.29, 0.717) is 25.9 Å². The number of benzene rings is 2. The van der Waals surface area contributed by atoms with Crippen molar-refractivity contribution in [1.82, 2.24) is 20.4 Å². The predicted octanol–water partition coefficient (Wildman–Crippen LogP) is 4.33. The molecule has 0 aliphatic carbocycles. The summed E-state index contributed by atoms with van der Waals surface area (Å²) in [4.78, 5) is 14.2. The molecule has 3 aromatic rings. The SMILES string of the molecule is O=C(NCc1cccc2ccccc12)N1CCC[C@H](c2nnc(C(F)(F)F)o2)C1. The highest BCUT2D eigenvalue weighted by atomic mass is 19.4. The first kappa shape index (κ1) is 19.2. The highest BCUT2D eigenvalue weighted by molar-refractivity contribution is 5.86. The zero-order chi connectivity index (χ0) is 20.4. The van der Waals surface area contributed by atoms with Crippen LogP contribution in [0.3, 0.4) is 0 Å². The van der Waals surface area contributed by atoms with Crippen LogP contribution < -0.4 is 5.32 Å². The van der Waals surface area contributed by atoms with Gasteiger partial charge in [0.05, 0.1) is 5.92 Å². The van der Waals surface area contributed by atoms with Crippen LogP contribution >= 0.6 is 0 Å². The summed E-state index contributed by atoms with van der Waals surface area (Å²) in [6.07, 6.45) is -3.43. The van der Waals surface area contributed by atoms with Crippen molar-refractivity contribution in [2.45, 2.75) is 31.5 Å². The molecule has 29 heavy (non-hydrogen) atoms. The minimum atomic E-state index is -4.67. The number of hydrogen-bond acceptors (Lipinski definition) is 4. The quantitative estimate of drug-likeness (QED) is 0.705. The van der Waals surface area contributed by atoms with E-state index in [1.165, 1.54) is 0 Å². The molecule has 6 nitrogen and oxygen atoms in total. The Hall–Kier alpha value is -3.10.